The molecule has 0 atom stereocenters. The lowest BCUT2D eigenvalue weighted by Crippen LogP contribution is -2.19. The van der Waals surface area contributed by atoms with Crippen LogP contribution in [0, 0.1) is 0 Å². The molecule has 2 nitrogen and oxygen atoms in total. The van der Waals surface area contributed by atoms with Crippen molar-refractivity contribution in [3.8, 4) is 0 Å². The minimum Gasteiger partial charge on any atom is -0.353 e. The predicted molar refractivity (Wildman–Crippen MR) is 66.9 cm³/mol. The number of benzene rings is 1. The average molecular weight is 322 g/mol. The average Bonchev–Trinajstić information content (AvgIpc) is 2.24. The Morgan fingerprint density at radius 2 is 2.11 bits per heavy atom. The summed E-state index contributed by atoms with van der Waals surface area (Å²) in [6, 6.07) is 3.41. The minimum absolute atomic E-state index is 0.161. The van der Waals surface area contributed by atoms with Crippen LogP contribution in [-0.4, -0.2) is 12.5 Å². The largest absolute Gasteiger partial charge is 0.416 e. The maximum atomic E-state index is 12.4. The van der Waals surface area contributed by atoms with Gasteiger partial charge in [-0.05, 0) is 17.7 Å². The number of halogens is 4. The van der Waals surface area contributed by atoms with Gasteiger partial charge in [-0.15, -0.1) is 0 Å². The van der Waals surface area contributed by atoms with Crippen LogP contribution >= 0.6 is 15.9 Å². The van der Waals surface area contributed by atoms with Crippen molar-refractivity contribution < 1.29 is 18.0 Å². The van der Waals surface area contributed by atoms with Gasteiger partial charge in [0.25, 0.3) is 0 Å². The zero-order valence-electron chi connectivity index (χ0n) is 9.51. The third-order valence-corrected chi connectivity index (χ3v) is 2.78. The van der Waals surface area contributed by atoms with E-state index in [1.807, 2.05) is 0 Å². The van der Waals surface area contributed by atoms with Gasteiger partial charge in [-0.3, -0.25) is 4.79 Å². The summed E-state index contributed by atoms with van der Waals surface area (Å²) in [5.74, 6) is -0.161. The van der Waals surface area contributed by atoms with Gasteiger partial charge in [-0.2, -0.15) is 13.2 Å². The molecule has 1 rings (SSSR count). The molecule has 1 aromatic rings. The summed E-state index contributed by atoms with van der Waals surface area (Å²) in [6.45, 7) is 1.73. The molecule has 0 unspecified atom stereocenters. The summed E-state index contributed by atoms with van der Waals surface area (Å²) in [6.07, 6.45) is -1.05. The normalized spacial score (nSPS) is 11.8. The Morgan fingerprint density at radius 1 is 1.44 bits per heavy atom. The second kappa shape index (κ2) is 6.04. The van der Waals surface area contributed by atoms with Crippen molar-refractivity contribution >= 4 is 27.9 Å². The van der Waals surface area contributed by atoms with Crippen molar-refractivity contribution in [2.75, 3.05) is 6.54 Å². The molecule has 18 heavy (non-hydrogen) atoms. The van der Waals surface area contributed by atoms with E-state index in [1.165, 1.54) is 13.0 Å². The molecule has 0 bridgehead atoms. The van der Waals surface area contributed by atoms with Crippen molar-refractivity contribution in [3.63, 3.8) is 0 Å². The first-order chi connectivity index (χ1) is 8.30. The smallest absolute Gasteiger partial charge is 0.353 e. The van der Waals surface area contributed by atoms with E-state index >= 15 is 0 Å². The van der Waals surface area contributed by atoms with Gasteiger partial charge in [-0.25, -0.2) is 0 Å². The van der Waals surface area contributed by atoms with Crippen LogP contribution in [0.25, 0.3) is 6.08 Å². The second-order valence-corrected chi connectivity index (χ2v) is 4.43. The van der Waals surface area contributed by atoms with Crippen molar-refractivity contribution in [1.82, 2.24) is 5.32 Å². The zero-order valence-corrected chi connectivity index (χ0v) is 11.1. The summed E-state index contributed by atoms with van der Waals surface area (Å²) in [5.41, 5.74) is -0.0817. The van der Waals surface area contributed by atoms with Crippen LogP contribution in [0.2, 0.25) is 0 Å². The number of amides is 1. The summed E-state index contributed by atoms with van der Waals surface area (Å²) < 4.78 is 37.6. The lowest BCUT2D eigenvalue weighted by molar-refractivity contribution is -0.137. The highest BCUT2D eigenvalue weighted by Crippen LogP contribution is 2.32. The van der Waals surface area contributed by atoms with E-state index in [9.17, 15) is 18.0 Å². The van der Waals surface area contributed by atoms with Crippen LogP contribution < -0.4 is 5.32 Å². The molecule has 1 N–H and O–H groups in total. The second-order valence-electron chi connectivity index (χ2n) is 3.57. The van der Waals surface area contributed by atoms with Gasteiger partial charge in [0, 0.05) is 17.9 Å². The summed E-state index contributed by atoms with van der Waals surface area (Å²) in [7, 11) is 0. The molecule has 0 saturated heterocycles. The molecular formula is C12H11BrF3NO. The quantitative estimate of drug-likeness (QED) is 0.905. The summed E-state index contributed by atoms with van der Waals surface area (Å²) >= 11 is 3.08. The van der Waals surface area contributed by atoms with Crippen LogP contribution in [0.5, 0.6) is 0 Å². The molecule has 0 heterocycles. The van der Waals surface area contributed by atoms with E-state index < -0.39 is 11.7 Å². The SMILES string of the molecule is CC(=O)NCC=Cc1ccc(C(F)(F)F)cc1Br. The first-order valence-corrected chi connectivity index (χ1v) is 5.87. The molecule has 0 aliphatic heterocycles. The van der Waals surface area contributed by atoms with Crippen molar-refractivity contribution in [2.45, 2.75) is 13.1 Å². The molecule has 0 radical (unpaired) electrons. The first-order valence-electron chi connectivity index (χ1n) is 5.08. The van der Waals surface area contributed by atoms with Crippen LogP contribution in [0.4, 0.5) is 13.2 Å². The minimum atomic E-state index is -4.35. The highest BCUT2D eigenvalue weighted by atomic mass is 79.9. The Labute approximate surface area is 111 Å². The Kier molecular flexibility index (Phi) is 4.95. The van der Waals surface area contributed by atoms with Gasteiger partial charge >= 0.3 is 6.18 Å². The number of hydrogen-bond acceptors (Lipinski definition) is 1. The van der Waals surface area contributed by atoms with Gasteiger partial charge in [0.2, 0.25) is 5.91 Å². The molecule has 6 heteroatoms. The fourth-order valence-electron chi connectivity index (χ4n) is 1.23. The number of hydrogen-bond donors (Lipinski definition) is 1. The number of nitrogens with one attached hydrogen (secondary N) is 1. The van der Waals surface area contributed by atoms with Crippen molar-refractivity contribution in [1.29, 1.82) is 0 Å². The molecule has 0 saturated carbocycles. The predicted octanol–water partition coefficient (Wildman–Crippen LogP) is 3.62. The van der Waals surface area contributed by atoms with Crippen LogP contribution in [0.3, 0.4) is 0 Å². The summed E-state index contributed by atoms with van der Waals surface area (Å²) in [4.78, 5) is 10.6. The third-order valence-electron chi connectivity index (χ3n) is 2.09. The lowest BCUT2D eigenvalue weighted by atomic mass is 10.1. The first kappa shape index (κ1) is 14.8. The number of carbonyl (C=O) groups excluding carboxylic acids is 1. The topological polar surface area (TPSA) is 29.1 Å². The van der Waals surface area contributed by atoms with E-state index in [4.69, 9.17) is 0 Å². The molecule has 0 aliphatic carbocycles. The Morgan fingerprint density at radius 3 is 2.61 bits per heavy atom. The van der Waals surface area contributed by atoms with Gasteiger partial charge in [0.15, 0.2) is 0 Å². The highest BCUT2D eigenvalue weighted by Gasteiger charge is 2.30. The molecule has 0 aliphatic rings. The van der Waals surface area contributed by atoms with Crippen molar-refractivity contribution in [3.05, 3.63) is 39.9 Å². The number of alkyl halides is 3. The molecule has 0 aromatic heterocycles. The van der Waals surface area contributed by atoms with E-state index in [-0.39, 0.29) is 5.91 Å². The molecule has 1 amide bonds. The Balaban J connectivity index is 2.77. The molecule has 0 spiro atoms. The summed E-state index contributed by atoms with van der Waals surface area (Å²) in [5, 5.41) is 2.55. The van der Waals surface area contributed by atoms with Gasteiger partial charge in [0.1, 0.15) is 0 Å². The van der Waals surface area contributed by atoms with E-state index in [2.05, 4.69) is 21.2 Å². The lowest BCUT2D eigenvalue weighted by Gasteiger charge is -2.08. The Hall–Kier alpha value is -1.30. The zero-order chi connectivity index (χ0) is 13.8. The van der Waals surface area contributed by atoms with Crippen LogP contribution in [0.15, 0.2) is 28.7 Å². The molecule has 1 aromatic carbocycles. The van der Waals surface area contributed by atoms with Gasteiger partial charge in [0.05, 0.1) is 5.56 Å². The highest BCUT2D eigenvalue weighted by molar-refractivity contribution is 9.10. The van der Waals surface area contributed by atoms with E-state index in [0.717, 1.165) is 12.1 Å². The van der Waals surface area contributed by atoms with Gasteiger partial charge in [-0.1, -0.05) is 34.1 Å². The van der Waals surface area contributed by atoms with Crippen LogP contribution in [-0.2, 0) is 11.0 Å². The van der Waals surface area contributed by atoms with E-state index in [0.29, 0.717) is 16.6 Å². The number of rotatable bonds is 3. The monoisotopic (exact) mass is 321 g/mol. The van der Waals surface area contributed by atoms with E-state index in [1.54, 1.807) is 12.2 Å². The maximum absolute atomic E-state index is 12.4. The standard InChI is InChI=1S/C12H11BrF3NO/c1-8(18)17-6-2-3-9-4-5-10(7-11(9)13)12(14,15)16/h2-5,7H,6H2,1H3,(H,17,18). The van der Waals surface area contributed by atoms with Crippen LogP contribution in [0.1, 0.15) is 18.1 Å². The third kappa shape index (κ3) is 4.52. The van der Waals surface area contributed by atoms with Crippen molar-refractivity contribution in [2.24, 2.45) is 0 Å². The number of carbonyl (C=O) groups is 1. The molecule has 0 fully saturated rings. The molecular weight excluding hydrogens is 311 g/mol. The van der Waals surface area contributed by atoms with Gasteiger partial charge < -0.3 is 5.32 Å². The fraction of sp³-hybridized carbons (Fsp3) is 0.250. The molecule has 98 valence electrons. The maximum Gasteiger partial charge on any atom is 0.416 e. The Bertz CT molecular complexity index is 469. The fourth-order valence-corrected chi connectivity index (χ4v) is 1.74.